The Kier molecular flexibility index (Phi) is 6.30. The number of rotatable bonds is 6. The van der Waals surface area contributed by atoms with E-state index in [2.05, 4.69) is 20.9 Å². The molecule has 0 bridgehead atoms. The number of methoxy groups -OCH3 is 2. The first-order valence-corrected chi connectivity index (χ1v) is 12.2. The van der Waals surface area contributed by atoms with Crippen molar-refractivity contribution in [2.75, 3.05) is 19.1 Å². The van der Waals surface area contributed by atoms with Crippen LogP contribution in [0.25, 0.3) is 0 Å². The minimum absolute atomic E-state index is 0.120. The van der Waals surface area contributed by atoms with Gasteiger partial charge in [0, 0.05) is 29.7 Å². The number of ether oxygens (including phenoxy) is 3. The van der Waals surface area contributed by atoms with Crippen LogP contribution in [0.4, 0.5) is 11.4 Å². The molecule has 35 heavy (non-hydrogen) atoms. The average molecular weight is 535 g/mol. The van der Waals surface area contributed by atoms with Crippen molar-refractivity contribution in [3.8, 4) is 11.5 Å². The highest BCUT2D eigenvalue weighted by molar-refractivity contribution is 9.08. The lowest BCUT2D eigenvalue weighted by molar-refractivity contribution is 0.0600. The van der Waals surface area contributed by atoms with Crippen LogP contribution in [-0.2, 0) is 23.1 Å². The summed E-state index contributed by atoms with van der Waals surface area (Å²) in [6.45, 7) is 0.194. The maximum absolute atomic E-state index is 13.5. The van der Waals surface area contributed by atoms with Gasteiger partial charge in [0.15, 0.2) is 11.5 Å². The van der Waals surface area contributed by atoms with Gasteiger partial charge in [0.2, 0.25) is 0 Å². The van der Waals surface area contributed by atoms with Gasteiger partial charge >= 0.3 is 5.97 Å². The number of alkyl halides is 1. The summed E-state index contributed by atoms with van der Waals surface area (Å²) in [7, 11) is 2.89. The van der Waals surface area contributed by atoms with Crippen molar-refractivity contribution >= 4 is 45.4 Å². The number of hydrogen-bond donors (Lipinski definition) is 0. The third-order valence-electron chi connectivity index (χ3n) is 6.15. The maximum Gasteiger partial charge on any atom is 0.337 e. The van der Waals surface area contributed by atoms with Gasteiger partial charge in [-0.2, -0.15) is 0 Å². The third-order valence-corrected chi connectivity index (χ3v) is 6.80. The fourth-order valence-corrected chi connectivity index (χ4v) is 4.83. The molecule has 0 aromatic heterocycles. The van der Waals surface area contributed by atoms with E-state index in [4.69, 9.17) is 14.2 Å². The Hall–Kier alpha value is -3.65. The number of carbonyl (C=O) groups excluding carboxylic acids is 2. The Balaban J connectivity index is 1.45. The van der Waals surface area contributed by atoms with Crippen molar-refractivity contribution in [3.05, 3.63) is 82.4 Å². The quantitative estimate of drug-likeness (QED) is 0.319. The number of anilines is 1. The maximum atomic E-state index is 13.5. The first kappa shape index (κ1) is 23.1. The zero-order valence-electron chi connectivity index (χ0n) is 19.3. The summed E-state index contributed by atoms with van der Waals surface area (Å²) in [6, 6.07) is 16.7. The molecule has 7 nitrogen and oxygen atoms in total. The molecule has 0 fully saturated rings. The second-order valence-electron chi connectivity index (χ2n) is 8.33. The number of esters is 1. The lowest BCUT2D eigenvalue weighted by Crippen LogP contribution is -2.37. The lowest BCUT2D eigenvalue weighted by Gasteiger charge is -2.22. The second kappa shape index (κ2) is 9.54. The number of nitrogens with zero attached hydrogens (tertiary/aromatic N) is 2. The van der Waals surface area contributed by atoms with E-state index in [1.807, 2.05) is 36.5 Å². The number of benzene rings is 3. The first-order chi connectivity index (χ1) is 17.0. The van der Waals surface area contributed by atoms with Crippen molar-refractivity contribution in [3.63, 3.8) is 0 Å². The standard InChI is InChI=1S/C27H23BrN2O5/c1-33-24-11-21-22(29-14-20-10-18-5-3-4-6-23(18)30(20)26(21)31)12-25(24)35-15-17-7-16(13-28)8-19(9-17)27(32)34-2/h3-9,11-12,14,20H,10,13,15H2,1-2H3/t20-/m0/s1. The van der Waals surface area contributed by atoms with E-state index >= 15 is 0 Å². The van der Waals surface area contributed by atoms with E-state index in [1.54, 1.807) is 29.2 Å². The molecule has 5 rings (SSSR count). The van der Waals surface area contributed by atoms with Crippen LogP contribution >= 0.6 is 15.9 Å². The summed E-state index contributed by atoms with van der Waals surface area (Å²) in [5.74, 6) is 0.363. The molecule has 1 amide bonds. The predicted octanol–water partition coefficient (Wildman–Crippen LogP) is 5.24. The molecule has 0 N–H and O–H groups in total. The van der Waals surface area contributed by atoms with E-state index in [9.17, 15) is 9.59 Å². The van der Waals surface area contributed by atoms with Gasteiger partial charge in [-0.25, -0.2) is 4.79 Å². The molecule has 2 aliphatic heterocycles. The monoisotopic (exact) mass is 534 g/mol. The summed E-state index contributed by atoms with van der Waals surface area (Å²) < 4.78 is 16.5. The van der Waals surface area contributed by atoms with Gasteiger partial charge in [-0.15, -0.1) is 0 Å². The summed E-state index contributed by atoms with van der Waals surface area (Å²) >= 11 is 3.44. The van der Waals surface area contributed by atoms with Crippen molar-refractivity contribution in [1.82, 2.24) is 0 Å². The average Bonchev–Trinajstić information content (AvgIpc) is 3.21. The van der Waals surface area contributed by atoms with E-state index in [0.29, 0.717) is 33.6 Å². The van der Waals surface area contributed by atoms with Crippen molar-refractivity contribution in [1.29, 1.82) is 0 Å². The van der Waals surface area contributed by atoms with Crippen LogP contribution in [0, 0.1) is 0 Å². The fraction of sp³-hybridized carbons (Fsp3) is 0.222. The van der Waals surface area contributed by atoms with Gasteiger partial charge in [-0.05, 0) is 41.0 Å². The van der Waals surface area contributed by atoms with Crippen LogP contribution in [0.5, 0.6) is 11.5 Å². The zero-order valence-corrected chi connectivity index (χ0v) is 20.9. The summed E-state index contributed by atoms with van der Waals surface area (Å²) in [6.07, 6.45) is 2.55. The molecule has 8 heteroatoms. The Morgan fingerprint density at radius 2 is 1.89 bits per heavy atom. The minimum Gasteiger partial charge on any atom is -0.493 e. The van der Waals surface area contributed by atoms with Gasteiger partial charge in [0.25, 0.3) is 5.91 Å². The van der Waals surface area contributed by atoms with Crippen molar-refractivity contribution in [2.45, 2.75) is 24.4 Å². The van der Waals surface area contributed by atoms with E-state index < -0.39 is 5.97 Å². The number of aliphatic imine (C=N–C) groups is 1. The van der Waals surface area contributed by atoms with Gasteiger partial charge < -0.3 is 14.2 Å². The molecular weight excluding hydrogens is 512 g/mol. The van der Waals surface area contributed by atoms with Crippen molar-refractivity contribution < 1.29 is 23.8 Å². The Morgan fingerprint density at radius 3 is 2.66 bits per heavy atom. The normalized spacial score (nSPS) is 15.7. The topological polar surface area (TPSA) is 77.4 Å². The molecular formula is C27H23BrN2O5. The van der Waals surface area contributed by atoms with Crippen LogP contribution in [0.3, 0.4) is 0 Å². The lowest BCUT2D eigenvalue weighted by atomic mass is 10.1. The molecule has 0 unspecified atom stereocenters. The molecule has 1 atom stereocenters. The fourth-order valence-electron chi connectivity index (χ4n) is 4.51. The number of para-hydroxylation sites is 1. The van der Waals surface area contributed by atoms with E-state index in [1.165, 1.54) is 14.2 Å². The van der Waals surface area contributed by atoms with E-state index in [0.717, 1.165) is 28.8 Å². The second-order valence-corrected chi connectivity index (χ2v) is 8.89. The first-order valence-electron chi connectivity index (χ1n) is 11.1. The van der Waals surface area contributed by atoms with Crippen molar-refractivity contribution in [2.24, 2.45) is 4.99 Å². The summed E-state index contributed by atoms with van der Waals surface area (Å²) in [4.78, 5) is 32.0. The molecule has 0 spiro atoms. The number of fused-ring (bicyclic) bond motifs is 4. The van der Waals surface area contributed by atoms with Crippen LogP contribution in [-0.4, -0.2) is 38.4 Å². The number of hydrogen-bond acceptors (Lipinski definition) is 6. The van der Waals surface area contributed by atoms with Gasteiger partial charge in [0.1, 0.15) is 6.61 Å². The van der Waals surface area contributed by atoms with Crippen LogP contribution in [0.15, 0.2) is 59.6 Å². The molecule has 0 saturated carbocycles. The molecule has 2 aliphatic rings. The largest absolute Gasteiger partial charge is 0.493 e. The molecule has 0 radical (unpaired) electrons. The Bertz CT molecular complexity index is 1350. The minimum atomic E-state index is -0.411. The molecule has 0 saturated heterocycles. The molecule has 3 aromatic rings. The SMILES string of the molecule is COC(=O)c1cc(CBr)cc(COc2cc3c(cc2OC)C(=O)N2c4ccccc4C[C@H]2C=N3)c1. The van der Waals surface area contributed by atoms with E-state index in [-0.39, 0.29) is 18.6 Å². The smallest absolute Gasteiger partial charge is 0.337 e. The Labute approximate surface area is 211 Å². The summed E-state index contributed by atoms with van der Waals surface area (Å²) in [5, 5.41) is 0.588. The molecule has 2 heterocycles. The highest BCUT2D eigenvalue weighted by Gasteiger charge is 2.36. The number of amides is 1. The summed E-state index contributed by atoms with van der Waals surface area (Å²) in [5.41, 5.74) is 5.21. The van der Waals surface area contributed by atoms with Crippen LogP contribution in [0.2, 0.25) is 0 Å². The van der Waals surface area contributed by atoms with Crippen LogP contribution in [0.1, 0.15) is 37.4 Å². The predicted molar refractivity (Wildman–Crippen MR) is 137 cm³/mol. The van der Waals surface area contributed by atoms with Crippen LogP contribution < -0.4 is 14.4 Å². The molecule has 0 aliphatic carbocycles. The van der Waals surface area contributed by atoms with Gasteiger partial charge in [0.05, 0.1) is 37.1 Å². The highest BCUT2D eigenvalue weighted by Crippen LogP contribution is 2.41. The van der Waals surface area contributed by atoms with Gasteiger partial charge in [-0.1, -0.05) is 40.2 Å². The molecule has 3 aromatic carbocycles. The number of carbonyl (C=O) groups is 2. The highest BCUT2D eigenvalue weighted by atomic mass is 79.9. The number of halogens is 1. The zero-order chi connectivity index (χ0) is 24.5. The third kappa shape index (κ3) is 4.30. The Morgan fingerprint density at radius 1 is 1.09 bits per heavy atom. The van der Waals surface area contributed by atoms with Gasteiger partial charge in [-0.3, -0.25) is 14.7 Å². The molecule has 178 valence electrons.